The summed E-state index contributed by atoms with van der Waals surface area (Å²) in [7, 11) is -10.2. The van der Waals surface area contributed by atoms with Crippen molar-refractivity contribution in [2.24, 2.45) is 0 Å². The molecule has 196 valence electrons. The highest BCUT2D eigenvalue weighted by atomic mass is 31.3. The minimum absolute atomic E-state index is 0.148. The second kappa shape index (κ2) is 11.1. The molecule has 0 aliphatic rings. The maximum atomic E-state index is 12.6. The van der Waals surface area contributed by atoms with Crippen molar-refractivity contribution in [3.63, 3.8) is 0 Å². The van der Waals surface area contributed by atoms with Crippen LogP contribution in [0.4, 0.5) is 5.95 Å². The number of nitrogens with zero attached hydrogens (tertiary/aromatic N) is 4. The Morgan fingerprint density at radius 3 is 2.32 bits per heavy atom. The average molecular weight is 551 g/mol. The third kappa shape index (κ3) is 7.19. The second-order valence-electron chi connectivity index (χ2n) is 7.75. The minimum Gasteiger partial charge on any atom is -0.856 e. The van der Waals surface area contributed by atoms with E-state index in [0.29, 0.717) is 6.54 Å². The maximum Gasteiger partial charge on any atom is 0.481 e. The molecule has 0 aliphatic carbocycles. The zero-order valence-corrected chi connectivity index (χ0v) is 20.9. The number of imidazole rings is 1. The number of hydrogen-bond acceptors (Lipinski definition) is 9. The molecule has 2 aromatic heterocycles. The Labute approximate surface area is 210 Å². The monoisotopic (exact) mass is 551 g/mol. The molecule has 1 unspecified atom stereocenters. The molecule has 37 heavy (non-hydrogen) atoms. The third-order valence-corrected chi connectivity index (χ3v) is 7.21. The van der Waals surface area contributed by atoms with Crippen molar-refractivity contribution in [2.45, 2.75) is 13.3 Å². The predicted molar refractivity (Wildman–Crippen MR) is 127 cm³/mol. The zero-order chi connectivity index (χ0) is 26.6. The molecule has 0 aliphatic heterocycles. The van der Waals surface area contributed by atoms with E-state index in [-0.39, 0.29) is 30.4 Å². The predicted octanol–water partition coefficient (Wildman–Crippen LogP) is 1.29. The lowest BCUT2D eigenvalue weighted by Gasteiger charge is -2.12. The first kappa shape index (κ1) is 26.9. The zero-order valence-electron chi connectivity index (χ0n) is 19.2. The van der Waals surface area contributed by atoms with Crippen LogP contribution in [0.2, 0.25) is 0 Å². The van der Waals surface area contributed by atoms with Gasteiger partial charge in [0.1, 0.15) is 0 Å². The summed E-state index contributed by atoms with van der Waals surface area (Å²) in [6, 6.07) is 17.7. The summed E-state index contributed by atoms with van der Waals surface area (Å²) in [5.41, 5.74) is 9.13. The summed E-state index contributed by atoms with van der Waals surface area (Å²) in [6.45, 7) is -0.576. The Morgan fingerprint density at radius 2 is 1.65 bits per heavy atom. The molecule has 5 N–H and O–H groups in total. The van der Waals surface area contributed by atoms with E-state index in [4.69, 9.17) is 20.3 Å². The lowest BCUT2D eigenvalue weighted by molar-refractivity contribution is -0.711. The molecule has 0 amide bonds. The molecule has 0 fully saturated rings. The van der Waals surface area contributed by atoms with Crippen LogP contribution in [0.25, 0.3) is 22.3 Å². The molecule has 0 radical (unpaired) electrons. The number of phosphoric acid groups is 2. The van der Waals surface area contributed by atoms with E-state index < -0.39 is 28.1 Å². The molecule has 4 rings (SSSR count). The number of nitrogen functional groups attached to an aromatic ring is 1. The van der Waals surface area contributed by atoms with Crippen molar-refractivity contribution in [1.29, 1.82) is 0 Å². The van der Waals surface area contributed by atoms with Crippen LogP contribution < -0.4 is 15.4 Å². The number of nitrogens with two attached hydrogens (primary N) is 1. The SMILES string of the molecule is Nc1nc([O-])c2c(n1)[n+](COCCOP(=O)(O)OP(=O)(O)O)cn2Cc1ccc(-c2ccccc2)cc1. The van der Waals surface area contributed by atoms with E-state index in [1.54, 1.807) is 10.9 Å². The summed E-state index contributed by atoms with van der Waals surface area (Å²) in [5.74, 6) is -0.781. The summed E-state index contributed by atoms with van der Waals surface area (Å²) in [6.07, 6.45) is 1.60. The molecule has 14 nitrogen and oxygen atoms in total. The molecule has 0 spiro atoms. The molecule has 16 heteroatoms. The Hall–Kier alpha value is -3.19. The van der Waals surface area contributed by atoms with Crippen LogP contribution in [0, 0.1) is 0 Å². The van der Waals surface area contributed by atoms with Crippen molar-refractivity contribution in [1.82, 2.24) is 14.5 Å². The largest absolute Gasteiger partial charge is 0.856 e. The standard InChI is InChI=1S/C21H23N5O9P2/c22-21-23-19-18(20(27)24-21)25(12-15-6-8-17(9-7-15)16-4-2-1-3-5-16)13-26(19)14-33-10-11-34-37(31,32)35-36(28,29)30/h1-9,13H,10-12,14H2,(H5-,22,23,24,27,28,29,30,31,32). The van der Waals surface area contributed by atoms with Gasteiger partial charge >= 0.3 is 21.3 Å². The van der Waals surface area contributed by atoms with Gasteiger partial charge in [-0.25, -0.2) is 18.7 Å². The van der Waals surface area contributed by atoms with Crippen molar-refractivity contribution >= 4 is 32.8 Å². The Bertz CT molecular complexity index is 1480. The van der Waals surface area contributed by atoms with Crippen LogP contribution in [-0.2, 0) is 36.0 Å². The Balaban J connectivity index is 1.46. The fourth-order valence-corrected chi connectivity index (χ4v) is 5.12. The molecule has 2 heterocycles. The molecule has 1 atom stereocenters. The number of phosphoric ester groups is 1. The lowest BCUT2D eigenvalue weighted by Crippen LogP contribution is -2.35. The van der Waals surface area contributed by atoms with Gasteiger partial charge in [-0.1, -0.05) is 59.6 Å². The van der Waals surface area contributed by atoms with E-state index in [0.717, 1.165) is 16.7 Å². The Morgan fingerprint density at radius 1 is 0.973 bits per heavy atom. The highest BCUT2D eigenvalue weighted by Crippen LogP contribution is 2.57. The Kier molecular flexibility index (Phi) is 8.02. The number of hydrogen-bond donors (Lipinski definition) is 4. The van der Waals surface area contributed by atoms with Gasteiger partial charge in [0.25, 0.3) is 5.95 Å². The molecule has 0 saturated heterocycles. The van der Waals surface area contributed by atoms with Crippen LogP contribution in [0.1, 0.15) is 5.56 Å². The number of benzene rings is 2. The number of fused-ring (bicyclic) bond motifs is 1. The van der Waals surface area contributed by atoms with Gasteiger partial charge in [-0.15, -0.1) is 0 Å². The highest BCUT2D eigenvalue weighted by Gasteiger charge is 2.32. The van der Waals surface area contributed by atoms with E-state index >= 15 is 0 Å². The molecular weight excluding hydrogens is 528 g/mol. The highest BCUT2D eigenvalue weighted by molar-refractivity contribution is 7.60. The van der Waals surface area contributed by atoms with Crippen molar-refractivity contribution < 1.29 is 47.1 Å². The van der Waals surface area contributed by atoms with Gasteiger partial charge in [0.2, 0.25) is 0 Å². The maximum absolute atomic E-state index is 12.6. The van der Waals surface area contributed by atoms with Crippen LogP contribution >= 0.6 is 15.6 Å². The molecule has 2 aromatic carbocycles. The van der Waals surface area contributed by atoms with Gasteiger partial charge in [-0.2, -0.15) is 4.31 Å². The second-order valence-corrected chi connectivity index (χ2v) is 10.6. The number of rotatable bonds is 11. The van der Waals surface area contributed by atoms with Crippen molar-refractivity contribution in [3.8, 4) is 17.0 Å². The summed E-state index contributed by atoms with van der Waals surface area (Å²) < 4.78 is 38.9. The smallest absolute Gasteiger partial charge is 0.481 e. The normalized spacial score (nSPS) is 13.6. The molecular formula is C21H23N5O9P2. The van der Waals surface area contributed by atoms with Gasteiger partial charge < -0.3 is 30.3 Å². The number of ether oxygens (including phenoxy) is 1. The molecule has 0 bridgehead atoms. The third-order valence-electron chi connectivity index (χ3n) is 5.02. The lowest BCUT2D eigenvalue weighted by atomic mass is 10.0. The summed E-state index contributed by atoms with van der Waals surface area (Å²) in [5, 5.41) is 12.6. The van der Waals surface area contributed by atoms with Crippen molar-refractivity contribution in [3.05, 3.63) is 66.5 Å². The summed E-state index contributed by atoms with van der Waals surface area (Å²) >= 11 is 0. The van der Waals surface area contributed by atoms with Crippen LogP contribution in [0.3, 0.4) is 0 Å². The van der Waals surface area contributed by atoms with Gasteiger partial charge in [-0.05, 0) is 16.7 Å². The van der Waals surface area contributed by atoms with Crippen LogP contribution in [-0.4, -0.2) is 42.4 Å². The van der Waals surface area contributed by atoms with E-state index in [9.17, 15) is 19.1 Å². The fraction of sp³-hybridized carbons (Fsp3) is 0.190. The molecule has 0 saturated carbocycles. The first-order valence-corrected chi connectivity index (χ1v) is 13.7. The first-order chi connectivity index (χ1) is 17.5. The van der Waals surface area contributed by atoms with Gasteiger partial charge in [0, 0.05) is 5.88 Å². The van der Waals surface area contributed by atoms with E-state index in [1.807, 2.05) is 54.6 Å². The fourth-order valence-electron chi connectivity index (χ4n) is 3.55. The van der Waals surface area contributed by atoms with Crippen molar-refractivity contribution in [2.75, 3.05) is 18.9 Å². The first-order valence-electron chi connectivity index (χ1n) is 10.7. The van der Waals surface area contributed by atoms with E-state index in [1.165, 1.54) is 4.57 Å². The number of anilines is 1. The topological polar surface area (TPSA) is 206 Å². The van der Waals surface area contributed by atoms with Gasteiger partial charge in [-0.3, -0.25) is 9.09 Å². The van der Waals surface area contributed by atoms with Crippen LogP contribution in [0.15, 0.2) is 60.9 Å². The summed E-state index contributed by atoms with van der Waals surface area (Å²) in [4.78, 5) is 34.4. The van der Waals surface area contributed by atoms with Gasteiger partial charge in [0.15, 0.2) is 18.6 Å². The van der Waals surface area contributed by atoms with Crippen LogP contribution in [0.5, 0.6) is 5.88 Å². The minimum atomic E-state index is -5.21. The van der Waals surface area contributed by atoms with Gasteiger partial charge in [0.05, 0.1) is 19.8 Å². The quantitative estimate of drug-likeness (QED) is 0.118. The van der Waals surface area contributed by atoms with E-state index in [2.05, 4.69) is 18.8 Å². The number of aromatic nitrogens is 4. The average Bonchev–Trinajstić information content (AvgIpc) is 3.15. The molecule has 4 aromatic rings.